The van der Waals surface area contributed by atoms with Crippen LogP contribution in [-0.4, -0.2) is 9.55 Å². The maximum absolute atomic E-state index is 12.1. The molecule has 1 atom stereocenters. The number of hydrogen-bond donors (Lipinski definition) is 1. The number of aromatic nitrogens is 2. The molecule has 1 aromatic carbocycles. The van der Waals surface area contributed by atoms with E-state index in [4.69, 9.17) is 0 Å². The normalized spacial score (nSPS) is 16.5. The van der Waals surface area contributed by atoms with Crippen LogP contribution in [0.15, 0.2) is 53.5 Å². The Bertz CT molecular complexity index is 929. The molecule has 0 bridgehead atoms. The summed E-state index contributed by atoms with van der Waals surface area (Å²) in [4.78, 5) is 16.7. The van der Waals surface area contributed by atoms with Gasteiger partial charge in [-0.3, -0.25) is 4.79 Å². The molecule has 116 valence electrons. The predicted molar refractivity (Wildman–Crippen MR) is 92.8 cm³/mol. The first-order valence-corrected chi connectivity index (χ1v) is 8.11. The molecule has 1 aliphatic carbocycles. The van der Waals surface area contributed by atoms with Gasteiger partial charge < -0.3 is 9.88 Å². The number of hydrogen-bond acceptors (Lipinski definition) is 3. The van der Waals surface area contributed by atoms with Gasteiger partial charge in [0.25, 0.3) is 0 Å². The Morgan fingerprint density at radius 2 is 2.09 bits per heavy atom. The lowest BCUT2D eigenvalue weighted by Crippen LogP contribution is -2.12. The van der Waals surface area contributed by atoms with E-state index >= 15 is 0 Å². The lowest BCUT2D eigenvalue weighted by atomic mass is 10.1. The Hall–Kier alpha value is -2.62. The van der Waals surface area contributed by atoms with Gasteiger partial charge in [0.2, 0.25) is 5.43 Å². The van der Waals surface area contributed by atoms with Crippen LogP contribution in [-0.2, 0) is 13.0 Å². The van der Waals surface area contributed by atoms with Gasteiger partial charge in [-0.1, -0.05) is 24.3 Å². The van der Waals surface area contributed by atoms with Gasteiger partial charge in [0.15, 0.2) is 0 Å². The molecular formula is C19H19N3O. The minimum atomic E-state index is -0.0276. The Kier molecular flexibility index (Phi) is 3.37. The molecule has 4 rings (SSSR count). The first kappa shape index (κ1) is 14.0. The number of nitrogens with zero attached hydrogens (tertiary/aromatic N) is 2. The van der Waals surface area contributed by atoms with Crippen LogP contribution in [0.1, 0.15) is 30.5 Å². The van der Waals surface area contributed by atoms with Crippen molar-refractivity contribution in [2.75, 3.05) is 5.32 Å². The first-order chi connectivity index (χ1) is 11.3. The summed E-state index contributed by atoms with van der Waals surface area (Å²) in [7, 11) is 0. The van der Waals surface area contributed by atoms with Crippen LogP contribution in [0.25, 0.3) is 11.0 Å². The van der Waals surface area contributed by atoms with Gasteiger partial charge in [0.05, 0.1) is 11.6 Å². The lowest BCUT2D eigenvalue weighted by Gasteiger charge is -2.15. The van der Waals surface area contributed by atoms with E-state index in [9.17, 15) is 4.79 Å². The number of aryl methyl sites for hydroxylation is 2. The number of anilines is 1. The van der Waals surface area contributed by atoms with Crippen LogP contribution in [0.2, 0.25) is 0 Å². The molecule has 1 aliphatic rings. The highest BCUT2D eigenvalue weighted by molar-refractivity contribution is 5.76. The molecule has 23 heavy (non-hydrogen) atoms. The summed E-state index contributed by atoms with van der Waals surface area (Å²) in [6.07, 6.45) is 3.98. The lowest BCUT2D eigenvalue weighted by molar-refractivity contribution is 0.757. The van der Waals surface area contributed by atoms with E-state index in [0.29, 0.717) is 5.52 Å². The van der Waals surface area contributed by atoms with Crippen LogP contribution in [0.3, 0.4) is 0 Å². The van der Waals surface area contributed by atoms with Crippen molar-refractivity contribution in [2.24, 2.45) is 0 Å². The second-order valence-corrected chi connectivity index (χ2v) is 5.96. The summed E-state index contributed by atoms with van der Waals surface area (Å²) in [6, 6.07) is 14.3. The molecule has 0 aliphatic heterocycles. The fourth-order valence-corrected chi connectivity index (χ4v) is 3.42. The molecule has 1 N–H and O–H groups in total. The van der Waals surface area contributed by atoms with E-state index in [1.165, 1.54) is 11.1 Å². The largest absolute Gasteiger partial charge is 0.363 e. The molecular weight excluding hydrogens is 286 g/mol. The SMILES string of the molecule is CCn1ccc(=O)c2nc(NC3CCc4ccccc43)ccc21. The predicted octanol–water partition coefficient (Wildman–Crippen LogP) is 3.52. The molecule has 0 fully saturated rings. The van der Waals surface area contributed by atoms with Gasteiger partial charge >= 0.3 is 0 Å². The Balaban J connectivity index is 1.71. The zero-order chi connectivity index (χ0) is 15.8. The topological polar surface area (TPSA) is 46.9 Å². The van der Waals surface area contributed by atoms with Crippen LogP contribution in [0, 0.1) is 0 Å². The smallest absolute Gasteiger partial charge is 0.207 e. The number of nitrogens with one attached hydrogen (secondary N) is 1. The highest BCUT2D eigenvalue weighted by atomic mass is 16.1. The number of fused-ring (bicyclic) bond motifs is 2. The van der Waals surface area contributed by atoms with Crippen molar-refractivity contribution >= 4 is 16.9 Å². The van der Waals surface area contributed by atoms with E-state index in [2.05, 4.69) is 41.5 Å². The summed E-state index contributed by atoms with van der Waals surface area (Å²) in [5, 5.41) is 3.49. The van der Waals surface area contributed by atoms with Gasteiger partial charge in [-0.2, -0.15) is 0 Å². The number of rotatable bonds is 3. The average molecular weight is 305 g/mol. The number of pyridine rings is 2. The fourth-order valence-electron chi connectivity index (χ4n) is 3.42. The molecule has 0 amide bonds. The number of benzene rings is 1. The maximum Gasteiger partial charge on any atom is 0.207 e. The third-order valence-electron chi connectivity index (χ3n) is 4.62. The van der Waals surface area contributed by atoms with Crippen molar-refractivity contribution in [1.29, 1.82) is 0 Å². The molecule has 0 saturated carbocycles. The average Bonchev–Trinajstić information content (AvgIpc) is 2.99. The second kappa shape index (κ2) is 5.54. The van der Waals surface area contributed by atoms with Crippen molar-refractivity contribution in [3.8, 4) is 0 Å². The third-order valence-corrected chi connectivity index (χ3v) is 4.62. The second-order valence-electron chi connectivity index (χ2n) is 5.96. The summed E-state index contributed by atoms with van der Waals surface area (Å²) in [5.74, 6) is 0.769. The van der Waals surface area contributed by atoms with E-state index in [1.807, 2.05) is 22.9 Å². The molecule has 4 heteroatoms. The van der Waals surface area contributed by atoms with Crippen LogP contribution < -0.4 is 10.7 Å². The van der Waals surface area contributed by atoms with Crippen LogP contribution in [0.5, 0.6) is 0 Å². The molecule has 3 aromatic rings. The fraction of sp³-hybridized carbons (Fsp3) is 0.263. The quantitative estimate of drug-likeness (QED) is 0.805. The van der Waals surface area contributed by atoms with E-state index in [-0.39, 0.29) is 11.5 Å². The molecule has 1 unspecified atom stereocenters. The van der Waals surface area contributed by atoms with Gasteiger partial charge in [0.1, 0.15) is 11.3 Å². The van der Waals surface area contributed by atoms with Crippen molar-refractivity contribution < 1.29 is 0 Å². The molecule has 4 nitrogen and oxygen atoms in total. The minimum Gasteiger partial charge on any atom is -0.363 e. The van der Waals surface area contributed by atoms with Crippen molar-refractivity contribution in [1.82, 2.24) is 9.55 Å². The summed E-state index contributed by atoms with van der Waals surface area (Å²) in [6.45, 7) is 2.88. The first-order valence-electron chi connectivity index (χ1n) is 8.11. The Morgan fingerprint density at radius 3 is 2.96 bits per heavy atom. The van der Waals surface area contributed by atoms with Gasteiger partial charge in [-0.05, 0) is 43.0 Å². The van der Waals surface area contributed by atoms with E-state index < -0.39 is 0 Å². The van der Waals surface area contributed by atoms with Crippen molar-refractivity contribution in [3.05, 3.63) is 70.0 Å². The maximum atomic E-state index is 12.1. The summed E-state index contributed by atoms with van der Waals surface area (Å²) in [5.41, 5.74) is 4.13. The molecule has 2 heterocycles. The standard InChI is InChI=1S/C19H19N3O/c1-2-22-12-11-17(23)19-16(22)9-10-18(21-19)20-15-8-7-13-5-3-4-6-14(13)15/h3-6,9-12,15H,2,7-8H2,1H3,(H,20,21). The van der Waals surface area contributed by atoms with Crippen molar-refractivity contribution in [3.63, 3.8) is 0 Å². The van der Waals surface area contributed by atoms with Crippen LogP contribution in [0.4, 0.5) is 5.82 Å². The van der Waals surface area contributed by atoms with Gasteiger partial charge in [0, 0.05) is 18.8 Å². The van der Waals surface area contributed by atoms with Gasteiger partial charge in [-0.15, -0.1) is 0 Å². The van der Waals surface area contributed by atoms with E-state index in [0.717, 1.165) is 30.7 Å². The molecule has 0 saturated heterocycles. The monoisotopic (exact) mass is 305 g/mol. The highest BCUT2D eigenvalue weighted by Gasteiger charge is 2.22. The van der Waals surface area contributed by atoms with Crippen molar-refractivity contribution in [2.45, 2.75) is 32.4 Å². The molecule has 2 aromatic heterocycles. The minimum absolute atomic E-state index is 0.0276. The zero-order valence-electron chi connectivity index (χ0n) is 13.1. The Labute approximate surface area is 134 Å². The highest BCUT2D eigenvalue weighted by Crippen LogP contribution is 2.33. The Morgan fingerprint density at radius 1 is 1.22 bits per heavy atom. The summed E-state index contributed by atoms with van der Waals surface area (Å²) >= 11 is 0. The van der Waals surface area contributed by atoms with Crippen LogP contribution >= 0.6 is 0 Å². The third kappa shape index (κ3) is 2.40. The molecule has 0 spiro atoms. The summed E-state index contributed by atoms with van der Waals surface area (Å²) < 4.78 is 2.04. The zero-order valence-corrected chi connectivity index (χ0v) is 13.1. The molecule has 0 radical (unpaired) electrons. The van der Waals surface area contributed by atoms with Gasteiger partial charge in [-0.25, -0.2) is 4.98 Å². The van der Waals surface area contributed by atoms with E-state index in [1.54, 1.807) is 6.07 Å².